The van der Waals surface area contributed by atoms with Crippen LogP contribution in [0.2, 0.25) is 0 Å². The van der Waals surface area contributed by atoms with E-state index < -0.39 is 0 Å². The number of piperazine rings is 1. The number of rotatable bonds is 2. The summed E-state index contributed by atoms with van der Waals surface area (Å²) >= 11 is 0. The number of benzene rings is 1. The predicted molar refractivity (Wildman–Crippen MR) is 95.6 cm³/mol. The van der Waals surface area contributed by atoms with E-state index in [-0.39, 0.29) is 6.03 Å². The Morgan fingerprint density at radius 3 is 2.38 bits per heavy atom. The zero-order valence-electron chi connectivity index (χ0n) is 14.9. The first kappa shape index (κ1) is 17.1. The lowest BCUT2D eigenvalue weighted by atomic mass is 9.94. The summed E-state index contributed by atoms with van der Waals surface area (Å²) in [6.07, 6.45) is 3.44. The zero-order valence-corrected chi connectivity index (χ0v) is 14.9. The highest BCUT2D eigenvalue weighted by molar-refractivity contribution is 5.74. The Labute approximate surface area is 145 Å². The second-order valence-electron chi connectivity index (χ2n) is 6.98. The fourth-order valence-corrected chi connectivity index (χ4v) is 3.66. The number of amides is 2. The number of carbonyl (C=O) groups excluding carboxylic acids is 1. The van der Waals surface area contributed by atoms with E-state index in [4.69, 9.17) is 4.74 Å². The number of ether oxygens (including phenoxy) is 1. The van der Waals surface area contributed by atoms with Crippen molar-refractivity contribution in [1.82, 2.24) is 14.7 Å². The van der Waals surface area contributed by atoms with Gasteiger partial charge in [-0.2, -0.15) is 0 Å². The fraction of sp³-hybridized carbons (Fsp3) is 0.632. The van der Waals surface area contributed by atoms with Gasteiger partial charge < -0.3 is 19.4 Å². The summed E-state index contributed by atoms with van der Waals surface area (Å²) in [5.74, 6) is 1.31. The molecule has 1 aromatic carbocycles. The quantitative estimate of drug-likeness (QED) is 0.836. The van der Waals surface area contributed by atoms with Crippen LogP contribution >= 0.6 is 0 Å². The normalized spacial score (nSPS) is 23.0. The second-order valence-corrected chi connectivity index (χ2v) is 6.98. The standard InChI is InChI=1S/C19H29N3O2/c1-20-11-13-21(14-12-20)19(23)22-10-4-3-5-17(15-22)16-6-8-18(24-2)9-7-16/h6-9,17H,3-5,10-15H2,1-2H3/t17-/m1/s1. The maximum atomic E-state index is 12.9. The third-order valence-corrected chi connectivity index (χ3v) is 5.30. The average Bonchev–Trinajstić information content (AvgIpc) is 2.88. The van der Waals surface area contributed by atoms with Gasteiger partial charge in [0.05, 0.1) is 7.11 Å². The molecule has 0 radical (unpaired) electrons. The number of likely N-dealkylation sites (N-methyl/N-ethyl adjacent to an activating group) is 1. The van der Waals surface area contributed by atoms with E-state index in [2.05, 4.69) is 29.0 Å². The van der Waals surface area contributed by atoms with Crippen LogP contribution in [0.25, 0.3) is 0 Å². The minimum absolute atomic E-state index is 0.225. The van der Waals surface area contributed by atoms with Crippen molar-refractivity contribution < 1.29 is 9.53 Å². The first-order chi connectivity index (χ1) is 11.7. The molecule has 3 rings (SSSR count). The van der Waals surface area contributed by atoms with E-state index in [1.54, 1.807) is 7.11 Å². The molecule has 2 heterocycles. The van der Waals surface area contributed by atoms with Crippen LogP contribution in [-0.2, 0) is 0 Å². The van der Waals surface area contributed by atoms with Crippen molar-refractivity contribution in [1.29, 1.82) is 0 Å². The minimum atomic E-state index is 0.225. The number of hydrogen-bond acceptors (Lipinski definition) is 3. The summed E-state index contributed by atoms with van der Waals surface area (Å²) in [6.45, 7) is 5.36. The summed E-state index contributed by atoms with van der Waals surface area (Å²) in [4.78, 5) is 19.3. The maximum Gasteiger partial charge on any atom is 0.320 e. The molecule has 132 valence electrons. The van der Waals surface area contributed by atoms with Crippen LogP contribution < -0.4 is 4.74 Å². The molecule has 1 aromatic rings. The van der Waals surface area contributed by atoms with Crippen LogP contribution in [-0.4, -0.2) is 74.2 Å². The van der Waals surface area contributed by atoms with Crippen LogP contribution in [0.3, 0.4) is 0 Å². The van der Waals surface area contributed by atoms with Crippen molar-refractivity contribution >= 4 is 6.03 Å². The Balaban J connectivity index is 1.66. The summed E-state index contributed by atoms with van der Waals surface area (Å²) in [6, 6.07) is 8.56. The minimum Gasteiger partial charge on any atom is -0.497 e. The van der Waals surface area contributed by atoms with Gasteiger partial charge in [-0.25, -0.2) is 4.79 Å². The molecule has 2 aliphatic heterocycles. The number of methoxy groups -OCH3 is 1. The van der Waals surface area contributed by atoms with Crippen LogP contribution in [0.4, 0.5) is 4.79 Å². The lowest BCUT2D eigenvalue weighted by molar-refractivity contribution is 0.122. The van der Waals surface area contributed by atoms with Gasteiger partial charge in [-0.3, -0.25) is 0 Å². The summed E-state index contributed by atoms with van der Waals surface area (Å²) in [5, 5.41) is 0. The van der Waals surface area contributed by atoms with Crippen molar-refractivity contribution in [2.45, 2.75) is 25.2 Å². The number of carbonyl (C=O) groups is 1. The first-order valence-corrected chi connectivity index (χ1v) is 9.03. The molecule has 0 aromatic heterocycles. The average molecular weight is 331 g/mol. The third-order valence-electron chi connectivity index (χ3n) is 5.30. The molecule has 0 spiro atoms. The van der Waals surface area contributed by atoms with Crippen LogP contribution in [0.15, 0.2) is 24.3 Å². The van der Waals surface area contributed by atoms with Gasteiger partial charge >= 0.3 is 6.03 Å². The molecular weight excluding hydrogens is 302 g/mol. The van der Waals surface area contributed by atoms with E-state index in [1.807, 2.05) is 17.0 Å². The number of urea groups is 1. The van der Waals surface area contributed by atoms with E-state index in [9.17, 15) is 4.79 Å². The van der Waals surface area contributed by atoms with E-state index in [0.29, 0.717) is 5.92 Å². The smallest absolute Gasteiger partial charge is 0.320 e. The SMILES string of the molecule is COc1ccc([C@@H]2CCCCN(C(=O)N3CCN(C)CC3)C2)cc1. The lowest BCUT2D eigenvalue weighted by Crippen LogP contribution is -2.52. The van der Waals surface area contributed by atoms with E-state index in [1.165, 1.54) is 12.0 Å². The third kappa shape index (κ3) is 4.01. The molecule has 0 aliphatic carbocycles. The van der Waals surface area contributed by atoms with Gasteiger partial charge in [-0.1, -0.05) is 18.6 Å². The predicted octanol–water partition coefficient (Wildman–Crippen LogP) is 2.63. The van der Waals surface area contributed by atoms with Gasteiger partial charge in [0.25, 0.3) is 0 Å². The van der Waals surface area contributed by atoms with Gasteiger partial charge in [0.1, 0.15) is 5.75 Å². The van der Waals surface area contributed by atoms with Crippen molar-refractivity contribution in [2.75, 3.05) is 53.4 Å². The Hall–Kier alpha value is -1.75. The summed E-state index contributed by atoms with van der Waals surface area (Å²) in [7, 11) is 3.81. The van der Waals surface area contributed by atoms with Gasteiger partial charge in [0.15, 0.2) is 0 Å². The highest BCUT2D eigenvalue weighted by Gasteiger charge is 2.28. The lowest BCUT2D eigenvalue weighted by Gasteiger charge is -2.36. The van der Waals surface area contributed by atoms with E-state index in [0.717, 1.165) is 57.9 Å². The Morgan fingerprint density at radius 2 is 1.71 bits per heavy atom. The summed E-state index contributed by atoms with van der Waals surface area (Å²) < 4.78 is 5.25. The Kier molecular flexibility index (Phi) is 5.61. The van der Waals surface area contributed by atoms with Crippen LogP contribution in [0.5, 0.6) is 5.75 Å². The molecular formula is C19H29N3O2. The van der Waals surface area contributed by atoms with Gasteiger partial charge in [-0.05, 0) is 37.6 Å². The molecule has 2 saturated heterocycles. The highest BCUT2D eigenvalue weighted by atomic mass is 16.5. The van der Waals surface area contributed by atoms with Gasteiger partial charge in [0.2, 0.25) is 0 Å². The van der Waals surface area contributed by atoms with Crippen molar-refractivity contribution in [3.63, 3.8) is 0 Å². The molecule has 5 heteroatoms. The van der Waals surface area contributed by atoms with Crippen molar-refractivity contribution in [3.8, 4) is 5.75 Å². The zero-order chi connectivity index (χ0) is 16.9. The summed E-state index contributed by atoms with van der Waals surface area (Å²) in [5.41, 5.74) is 1.31. The Bertz CT molecular complexity index is 538. The first-order valence-electron chi connectivity index (χ1n) is 9.03. The van der Waals surface area contributed by atoms with Crippen LogP contribution in [0, 0.1) is 0 Å². The molecule has 0 bridgehead atoms. The molecule has 0 N–H and O–H groups in total. The number of hydrogen-bond donors (Lipinski definition) is 0. The number of nitrogens with zero attached hydrogens (tertiary/aromatic N) is 3. The molecule has 5 nitrogen and oxygen atoms in total. The molecule has 0 saturated carbocycles. The molecule has 24 heavy (non-hydrogen) atoms. The van der Waals surface area contributed by atoms with Gasteiger partial charge in [0, 0.05) is 45.2 Å². The molecule has 0 unspecified atom stereocenters. The van der Waals surface area contributed by atoms with E-state index >= 15 is 0 Å². The molecule has 2 fully saturated rings. The highest BCUT2D eigenvalue weighted by Crippen LogP contribution is 2.28. The topological polar surface area (TPSA) is 36.0 Å². The van der Waals surface area contributed by atoms with Crippen LogP contribution in [0.1, 0.15) is 30.7 Å². The number of likely N-dealkylation sites (tertiary alicyclic amines) is 1. The van der Waals surface area contributed by atoms with Crippen molar-refractivity contribution in [3.05, 3.63) is 29.8 Å². The monoisotopic (exact) mass is 331 g/mol. The Morgan fingerprint density at radius 1 is 1.00 bits per heavy atom. The fourth-order valence-electron chi connectivity index (χ4n) is 3.66. The van der Waals surface area contributed by atoms with Crippen molar-refractivity contribution in [2.24, 2.45) is 0 Å². The molecule has 1 atom stereocenters. The maximum absolute atomic E-state index is 12.9. The molecule has 2 aliphatic rings. The van der Waals surface area contributed by atoms with Gasteiger partial charge in [-0.15, -0.1) is 0 Å². The molecule has 2 amide bonds. The second kappa shape index (κ2) is 7.88. The largest absolute Gasteiger partial charge is 0.497 e.